The number of aromatic nitrogens is 1. The number of nitrogens with zero attached hydrogens (tertiary/aromatic N) is 2. The Morgan fingerprint density at radius 2 is 2.23 bits per heavy atom. The predicted octanol–water partition coefficient (Wildman–Crippen LogP) is 3.17. The summed E-state index contributed by atoms with van der Waals surface area (Å²) in [5.74, 6) is -0.0191. The maximum absolute atomic E-state index is 11.9. The van der Waals surface area contributed by atoms with E-state index >= 15 is 0 Å². The molecule has 1 fully saturated rings. The van der Waals surface area contributed by atoms with Gasteiger partial charge < -0.3 is 9.88 Å². The second kappa shape index (κ2) is 6.67. The molecule has 0 aliphatic carbocycles. The van der Waals surface area contributed by atoms with Gasteiger partial charge in [0.1, 0.15) is 5.69 Å². The first kappa shape index (κ1) is 15.3. The van der Waals surface area contributed by atoms with Gasteiger partial charge in [-0.2, -0.15) is 0 Å². The number of carbonyl (C=O) groups excluding carboxylic acids is 1. The van der Waals surface area contributed by atoms with Crippen LogP contribution in [0.25, 0.3) is 0 Å². The highest BCUT2D eigenvalue weighted by Gasteiger charge is 2.27. The lowest BCUT2D eigenvalue weighted by Gasteiger charge is -2.36. The number of carbonyl (C=O) groups is 1. The minimum absolute atomic E-state index is 0.0191. The summed E-state index contributed by atoms with van der Waals surface area (Å²) in [5, 5.41) is 4.85. The molecule has 3 rings (SSSR count). The van der Waals surface area contributed by atoms with Gasteiger partial charge in [-0.05, 0) is 43.0 Å². The van der Waals surface area contributed by atoms with Crippen molar-refractivity contribution in [1.29, 1.82) is 0 Å². The number of hydrogen-bond donors (Lipinski definition) is 1. The Morgan fingerprint density at radius 3 is 2.95 bits per heavy atom. The van der Waals surface area contributed by atoms with Crippen molar-refractivity contribution in [3.8, 4) is 0 Å². The lowest BCUT2D eigenvalue weighted by atomic mass is 9.99. The number of piperidine rings is 1. The molecule has 1 saturated heterocycles. The highest BCUT2D eigenvalue weighted by atomic mass is 32.1. The molecule has 1 aliphatic heterocycles. The van der Waals surface area contributed by atoms with E-state index in [2.05, 4.69) is 38.4 Å². The van der Waals surface area contributed by atoms with E-state index < -0.39 is 0 Å². The summed E-state index contributed by atoms with van der Waals surface area (Å²) in [4.78, 5) is 15.9. The third kappa shape index (κ3) is 2.96. The summed E-state index contributed by atoms with van der Waals surface area (Å²) in [6.45, 7) is 2.13. The van der Waals surface area contributed by atoms with Crippen LogP contribution < -0.4 is 5.32 Å². The Kier molecular flexibility index (Phi) is 4.64. The van der Waals surface area contributed by atoms with Crippen molar-refractivity contribution in [2.45, 2.75) is 31.8 Å². The summed E-state index contributed by atoms with van der Waals surface area (Å²) in [6, 6.07) is 8.77. The Balaban J connectivity index is 1.84. The van der Waals surface area contributed by atoms with Crippen molar-refractivity contribution in [3.05, 3.63) is 45.9 Å². The van der Waals surface area contributed by atoms with Gasteiger partial charge in [0.15, 0.2) is 0 Å². The van der Waals surface area contributed by atoms with E-state index in [-0.39, 0.29) is 5.91 Å². The second-order valence-corrected chi connectivity index (χ2v) is 6.88. The monoisotopic (exact) mass is 317 g/mol. The van der Waals surface area contributed by atoms with Gasteiger partial charge in [0.2, 0.25) is 0 Å². The zero-order valence-corrected chi connectivity index (χ0v) is 14.0. The zero-order chi connectivity index (χ0) is 15.5. The largest absolute Gasteiger partial charge is 0.354 e. The molecule has 1 N–H and O–H groups in total. The molecular formula is C17H23N3OS. The van der Waals surface area contributed by atoms with Crippen LogP contribution in [0.5, 0.6) is 0 Å². The van der Waals surface area contributed by atoms with Crippen molar-refractivity contribution in [3.63, 3.8) is 0 Å². The van der Waals surface area contributed by atoms with Crippen LogP contribution in [0.2, 0.25) is 0 Å². The van der Waals surface area contributed by atoms with Gasteiger partial charge in [0.05, 0.1) is 6.04 Å². The van der Waals surface area contributed by atoms with Crippen LogP contribution in [0.15, 0.2) is 29.6 Å². The molecule has 118 valence electrons. The second-order valence-electron chi connectivity index (χ2n) is 5.84. The van der Waals surface area contributed by atoms with E-state index in [9.17, 15) is 4.79 Å². The lowest BCUT2D eigenvalue weighted by molar-refractivity contribution is 0.0952. The van der Waals surface area contributed by atoms with Crippen molar-refractivity contribution in [1.82, 2.24) is 14.8 Å². The van der Waals surface area contributed by atoms with Gasteiger partial charge >= 0.3 is 0 Å². The van der Waals surface area contributed by atoms with Crippen molar-refractivity contribution in [2.75, 3.05) is 13.6 Å². The van der Waals surface area contributed by atoms with Crippen LogP contribution >= 0.6 is 11.3 Å². The molecule has 0 unspecified atom stereocenters. The normalized spacial score (nSPS) is 19.3. The molecule has 1 atom stereocenters. The van der Waals surface area contributed by atoms with E-state index in [1.807, 2.05) is 24.5 Å². The van der Waals surface area contributed by atoms with E-state index in [4.69, 9.17) is 0 Å². The van der Waals surface area contributed by atoms with Crippen molar-refractivity contribution in [2.24, 2.45) is 7.05 Å². The Hall–Kier alpha value is -1.59. The standard InChI is InChI=1S/C17H23N3OS/c1-18-17(21)16-9-8-14(19(16)2)15-7-3-4-10-20(15)12-13-6-5-11-22-13/h5-6,8-9,11,15H,3-4,7,10,12H2,1-2H3,(H,18,21)/t15-/m0/s1. The minimum atomic E-state index is -0.0191. The molecule has 4 nitrogen and oxygen atoms in total. The summed E-state index contributed by atoms with van der Waals surface area (Å²) < 4.78 is 2.05. The Labute approximate surface area is 135 Å². The van der Waals surface area contributed by atoms with Gasteiger partial charge in [-0.3, -0.25) is 9.69 Å². The van der Waals surface area contributed by atoms with Crippen LogP contribution in [-0.4, -0.2) is 29.0 Å². The molecule has 1 aliphatic rings. The zero-order valence-electron chi connectivity index (χ0n) is 13.2. The molecule has 5 heteroatoms. The number of nitrogens with one attached hydrogen (secondary N) is 1. The quantitative estimate of drug-likeness (QED) is 0.940. The van der Waals surface area contributed by atoms with Gasteiger partial charge in [-0.15, -0.1) is 11.3 Å². The fraction of sp³-hybridized carbons (Fsp3) is 0.471. The van der Waals surface area contributed by atoms with E-state index in [1.165, 1.54) is 23.4 Å². The molecule has 0 spiro atoms. The molecule has 0 saturated carbocycles. The van der Waals surface area contributed by atoms with Gasteiger partial charge in [-0.25, -0.2) is 0 Å². The van der Waals surface area contributed by atoms with Crippen LogP contribution in [0.4, 0.5) is 0 Å². The average molecular weight is 317 g/mol. The molecule has 3 heterocycles. The number of hydrogen-bond acceptors (Lipinski definition) is 3. The van der Waals surface area contributed by atoms with Crippen LogP contribution in [0.1, 0.15) is 46.4 Å². The first-order valence-electron chi connectivity index (χ1n) is 7.85. The molecule has 0 bridgehead atoms. The van der Waals surface area contributed by atoms with E-state index in [0.717, 1.165) is 25.2 Å². The predicted molar refractivity (Wildman–Crippen MR) is 90.1 cm³/mol. The smallest absolute Gasteiger partial charge is 0.267 e. The highest BCUT2D eigenvalue weighted by molar-refractivity contribution is 7.09. The fourth-order valence-electron chi connectivity index (χ4n) is 3.34. The van der Waals surface area contributed by atoms with Gasteiger partial charge in [-0.1, -0.05) is 12.5 Å². The Morgan fingerprint density at radius 1 is 1.36 bits per heavy atom. The maximum Gasteiger partial charge on any atom is 0.267 e. The Bertz CT molecular complexity index is 632. The number of likely N-dealkylation sites (tertiary alicyclic amines) is 1. The van der Waals surface area contributed by atoms with Crippen LogP contribution in [-0.2, 0) is 13.6 Å². The first-order chi connectivity index (χ1) is 10.7. The summed E-state index contributed by atoms with van der Waals surface area (Å²) >= 11 is 1.82. The van der Waals surface area contributed by atoms with Crippen LogP contribution in [0.3, 0.4) is 0 Å². The summed E-state index contributed by atoms with van der Waals surface area (Å²) in [5.41, 5.74) is 1.98. The molecule has 0 radical (unpaired) electrons. The van der Waals surface area contributed by atoms with Gasteiger partial charge in [0.25, 0.3) is 5.91 Å². The number of amides is 1. The first-order valence-corrected chi connectivity index (χ1v) is 8.73. The van der Waals surface area contributed by atoms with Crippen LogP contribution in [0, 0.1) is 0 Å². The lowest BCUT2D eigenvalue weighted by Crippen LogP contribution is -2.34. The number of thiophene rings is 1. The average Bonchev–Trinajstić information content (AvgIpc) is 3.17. The highest BCUT2D eigenvalue weighted by Crippen LogP contribution is 2.33. The van der Waals surface area contributed by atoms with E-state index in [0.29, 0.717) is 6.04 Å². The summed E-state index contributed by atoms with van der Waals surface area (Å²) in [6.07, 6.45) is 3.68. The van der Waals surface area contributed by atoms with Crippen molar-refractivity contribution >= 4 is 17.2 Å². The molecular weight excluding hydrogens is 294 g/mol. The molecule has 2 aromatic rings. The minimum Gasteiger partial charge on any atom is -0.354 e. The SMILES string of the molecule is CNC(=O)c1ccc([C@@H]2CCCCN2Cc2cccs2)n1C. The fourth-order valence-corrected chi connectivity index (χ4v) is 4.07. The van der Waals surface area contributed by atoms with Crippen molar-refractivity contribution < 1.29 is 4.79 Å². The molecule has 0 aromatic carbocycles. The van der Waals surface area contributed by atoms with Gasteiger partial charge in [0, 0.05) is 31.2 Å². The molecule has 22 heavy (non-hydrogen) atoms. The topological polar surface area (TPSA) is 37.3 Å². The third-order valence-electron chi connectivity index (χ3n) is 4.51. The maximum atomic E-state index is 11.9. The number of rotatable bonds is 4. The van der Waals surface area contributed by atoms with E-state index in [1.54, 1.807) is 7.05 Å². The third-order valence-corrected chi connectivity index (χ3v) is 5.38. The molecule has 1 amide bonds. The molecule has 2 aromatic heterocycles. The summed E-state index contributed by atoms with van der Waals surface area (Å²) in [7, 11) is 3.68.